The molecule has 0 fully saturated rings. The van der Waals surface area contributed by atoms with E-state index in [-0.39, 0.29) is 0 Å². The first-order valence-corrected chi connectivity index (χ1v) is 5.62. The molecule has 1 aromatic rings. The molecule has 0 aliphatic heterocycles. The molecule has 0 aliphatic rings. The van der Waals surface area contributed by atoms with E-state index in [1.165, 1.54) is 11.3 Å². The van der Waals surface area contributed by atoms with Crippen molar-refractivity contribution in [2.75, 3.05) is 0 Å². The van der Waals surface area contributed by atoms with Crippen LogP contribution >= 0.6 is 11.3 Å². The molecular weight excluding hydrogens is 198 g/mol. The number of rotatable bonds is 4. The van der Waals surface area contributed by atoms with Gasteiger partial charge in [-0.3, -0.25) is 0 Å². The van der Waals surface area contributed by atoms with Crippen molar-refractivity contribution in [1.82, 2.24) is 4.98 Å². The average molecular weight is 213 g/mol. The fraction of sp³-hybridized carbons (Fsp3) is 0.600. The van der Waals surface area contributed by atoms with E-state index in [1.54, 1.807) is 6.92 Å². The molecule has 1 N–H and O–H groups in total. The van der Waals surface area contributed by atoms with Gasteiger partial charge in [0.25, 0.3) is 0 Å². The predicted molar refractivity (Wildman–Crippen MR) is 57.1 cm³/mol. The Morgan fingerprint density at radius 3 is 2.43 bits per heavy atom. The standard InChI is InChI=1S/C10H15NO2S/c1-4-7(5-2)9-11-6(3)8(14-9)10(12)13/h7H,4-5H2,1-3H3,(H,12,13). The van der Waals surface area contributed by atoms with Crippen molar-refractivity contribution >= 4 is 17.3 Å². The zero-order valence-electron chi connectivity index (χ0n) is 8.70. The highest BCUT2D eigenvalue weighted by Gasteiger charge is 2.18. The van der Waals surface area contributed by atoms with Crippen LogP contribution in [0.25, 0.3) is 0 Å². The number of hydrogen-bond acceptors (Lipinski definition) is 3. The Bertz CT molecular complexity index is 329. The quantitative estimate of drug-likeness (QED) is 0.836. The maximum atomic E-state index is 10.8. The Kier molecular flexibility index (Phi) is 3.63. The molecule has 0 saturated carbocycles. The molecule has 1 rings (SSSR count). The van der Waals surface area contributed by atoms with Crippen LogP contribution in [0.2, 0.25) is 0 Å². The molecule has 3 nitrogen and oxygen atoms in total. The molecule has 0 radical (unpaired) electrons. The summed E-state index contributed by atoms with van der Waals surface area (Å²) in [6, 6.07) is 0. The van der Waals surface area contributed by atoms with Gasteiger partial charge >= 0.3 is 5.97 Å². The number of aromatic carboxylic acids is 1. The maximum Gasteiger partial charge on any atom is 0.347 e. The number of carbonyl (C=O) groups is 1. The molecule has 0 bridgehead atoms. The van der Waals surface area contributed by atoms with Crippen molar-refractivity contribution in [2.24, 2.45) is 0 Å². The Labute approximate surface area is 87.8 Å². The van der Waals surface area contributed by atoms with Gasteiger partial charge in [-0.2, -0.15) is 0 Å². The zero-order valence-corrected chi connectivity index (χ0v) is 9.52. The second-order valence-corrected chi connectivity index (χ2v) is 4.32. The van der Waals surface area contributed by atoms with Gasteiger partial charge in [-0.25, -0.2) is 9.78 Å². The van der Waals surface area contributed by atoms with Crippen molar-refractivity contribution in [3.8, 4) is 0 Å². The number of carboxylic acids is 1. The van der Waals surface area contributed by atoms with Crippen LogP contribution in [-0.2, 0) is 0 Å². The first-order valence-electron chi connectivity index (χ1n) is 4.80. The van der Waals surface area contributed by atoms with Gasteiger partial charge in [-0.05, 0) is 19.8 Å². The fourth-order valence-corrected chi connectivity index (χ4v) is 2.60. The Hall–Kier alpha value is -0.900. The van der Waals surface area contributed by atoms with E-state index < -0.39 is 5.97 Å². The van der Waals surface area contributed by atoms with E-state index in [1.807, 2.05) is 0 Å². The smallest absolute Gasteiger partial charge is 0.347 e. The second kappa shape index (κ2) is 4.55. The first-order chi connectivity index (χ1) is 6.60. The third kappa shape index (κ3) is 2.12. The summed E-state index contributed by atoms with van der Waals surface area (Å²) in [5.41, 5.74) is 0.643. The van der Waals surface area contributed by atoms with Gasteiger partial charge in [0.2, 0.25) is 0 Å². The second-order valence-electron chi connectivity index (χ2n) is 3.29. The van der Waals surface area contributed by atoms with Crippen molar-refractivity contribution < 1.29 is 9.90 Å². The molecule has 1 heterocycles. The number of nitrogens with zero attached hydrogens (tertiary/aromatic N) is 1. The van der Waals surface area contributed by atoms with Crippen LogP contribution in [-0.4, -0.2) is 16.1 Å². The van der Waals surface area contributed by atoms with Crippen molar-refractivity contribution in [1.29, 1.82) is 0 Å². The topological polar surface area (TPSA) is 50.2 Å². The molecule has 0 saturated heterocycles. The highest BCUT2D eigenvalue weighted by atomic mass is 32.1. The molecule has 0 aliphatic carbocycles. The number of thiazole rings is 1. The molecule has 78 valence electrons. The van der Waals surface area contributed by atoms with Crippen LogP contribution in [0.4, 0.5) is 0 Å². The lowest BCUT2D eigenvalue weighted by Gasteiger charge is -2.06. The lowest BCUT2D eigenvalue weighted by atomic mass is 10.1. The summed E-state index contributed by atoms with van der Waals surface area (Å²) >= 11 is 1.31. The van der Waals surface area contributed by atoms with Crippen LogP contribution in [0.1, 0.15) is 53.0 Å². The third-order valence-electron chi connectivity index (χ3n) is 2.34. The molecule has 0 unspecified atom stereocenters. The van der Waals surface area contributed by atoms with E-state index in [2.05, 4.69) is 18.8 Å². The predicted octanol–water partition coefficient (Wildman–Crippen LogP) is 3.05. The van der Waals surface area contributed by atoms with Gasteiger partial charge in [-0.1, -0.05) is 13.8 Å². The summed E-state index contributed by atoms with van der Waals surface area (Å²) in [4.78, 5) is 15.5. The minimum Gasteiger partial charge on any atom is -0.477 e. The SMILES string of the molecule is CCC(CC)c1nc(C)c(C(=O)O)s1. The number of hydrogen-bond donors (Lipinski definition) is 1. The number of aromatic nitrogens is 1. The molecular formula is C10H15NO2S. The Morgan fingerprint density at radius 1 is 1.50 bits per heavy atom. The van der Waals surface area contributed by atoms with Gasteiger partial charge in [0.1, 0.15) is 4.88 Å². The van der Waals surface area contributed by atoms with E-state index in [4.69, 9.17) is 5.11 Å². The Balaban J connectivity index is 3.01. The minimum atomic E-state index is -0.864. The summed E-state index contributed by atoms with van der Waals surface area (Å²) < 4.78 is 0. The van der Waals surface area contributed by atoms with E-state index >= 15 is 0 Å². The lowest BCUT2D eigenvalue weighted by Crippen LogP contribution is -1.94. The minimum absolute atomic E-state index is 0.381. The number of aryl methyl sites for hydroxylation is 1. The Morgan fingerprint density at radius 2 is 2.07 bits per heavy atom. The molecule has 0 aromatic carbocycles. The summed E-state index contributed by atoms with van der Waals surface area (Å²) in [7, 11) is 0. The van der Waals surface area contributed by atoms with Crippen LogP contribution < -0.4 is 0 Å². The van der Waals surface area contributed by atoms with Gasteiger partial charge in [0.05, 0.1) is 10.7 Å². The summed E-state index contributed by atoms with van der Waals surface area (Å²) in [5, 5.41) is 9.84. The van der Waals surface area contributed by atoms with Crippen LogP contribution in [0.3, 0.4) is 0 Å². The van der Waals surface area contributed by atoms with Gasteiger partial charge in [0.15, 0.2) is 0 Å². The fourth-order valence-electron chi connectivity index (χ4n) is 1.43. The maximum absolute atomic E-state index is 10.8. The van der Waals surface area contributed by atoms with Gasteiger partial charge < -0.3 is 5.11 Å². The summed E-state index contributed by atoms with van der Waals surface area (Å²) in [6.45, 7) is 5.96. The number of carboxylic acid groups (broad SMARTS) is 1. The largest absolute Gasteiger partial charge is 0.477 e. The van der Waals surface area contributed by atoms with Crippen LogP contribution in [0.5, 0.6) is 0 Å². The molecule has 0 atom stereocenters. The first kappa shape index (κ1) is 11.2. The van der Waals surface area contributed by atoms with Gasteiger partial charge in [-0.15, -0.1) is 11.3 Å². The molecule has 4 heteroatoms. The zero-order chi connectivity index (χ0) is 10.7. The van der Waals surface area contributed by atoms with Crippen LogP contribution in [0.15, 0.2) is 0 Å². The molecule has 0 amide bonds. The van der Waals surface area contributed by atoms with E-state index in [9.17, 15) is 4.79 Å². The molecule has 1 aromatic heterocycles. The van der Waals surface area contributed by atoms with Gasteiger partial charge in [0, 0.05) is 5.92 Å². The van der Waals surface area contributed by atoms with E-state index in [0.717, 1.165) is 17.8 Å². The highest BCUT2D eigenvalue weighted by molar-refractivity contribution is 7.13. The normalized spacial score (nSPS) is 10.9. The highest BCUT2D eigenvalue weighted by Crippen LogP contribution is 2.29. The van der Waals surface area contributed by atoms with Crippen LogP contribution in [0, 0.1) is 6.92 Å². The third-order valence-corrected chi connectivity index (χ3v) is 3.65. The van der Waals surface area contributed by atoms with Crippen molar-refractivity contribution in [3.63, 3.8) is 0 Å². The molecule has 14 heavy (non-hydrogen) atoms. The van der Waals surface area contributed by atoms with Crippen molar-refractivity contribution in [2.45, 2.75) is 39.5 Å². The van der Waals surface area contributed by atoms with Crippen molar-refractivity contribution in [3.05, 3.63) is 15.6 Å². The summed E-state index contributed by atoms with van der Waals surface area (Å²) in [5.74, 6) is -0.455. The lowest BCUT2D eigenvalue weighted by molar-refractivity contribution is 0.0701. The monoisotopic (exact) mass is 213 g/mol. The summed E-state index contributed by atoms with van der Waals surface area (Å²) in [6.07, 6.45) is 2.03. The van der Waals surface area contributed by atoms with E-state index in [0.29, 0.717) is 16.5 Å². The average Bonchev–Trinajstić information content (AvgIpc) is 2.50. The molecule has 0 spiro atoms.